The summed E-state index contributed by atoms with van der Waals surface area (Å²) in [6.45, 7) is 8.23. The maximum Gasteiger partial charge on any atom is 0.255 e. The van der Waals surface area contributed by atoms with Crippen LogP contribution in [0.5, 0.6) is 0 Å². The average molecular weight is 391 g/mol. The Morgan fingerprint density at radius 1 is 1.07 bits per heavy atom. The molecule has 1 N–H and O–H groups in total. The van der Waals surface area contributed by atoms with Gasteiger partial charge in [0.2, 0.25) is 0 Å². The number of rotatable bonds is 5. The molecule has 1 saturated heterocycles. The first-order chi connectivity index (χ1) is 14.2. The number of hydrogen-bond acceptors (Lipinski definition) is 3. The summed E-state index contributed by atoms with van der Waals surface area (Å²) in [5.41, 5.74) is 4.54. The van der Waals surface area contributed by atoms with Gasteiger partial charge in [0.05, 0.1) is 17.6 Å². The second-order valence-electron chi connectivity index (χ2n) is 7.94. The number of hydrogen-bond donors (Lipinski definition) is 1. The van der Waals surface area contributed by atoms with E-state index in [1.54, 1.807) is 0 Å². The fraction of sp³-hybridized carbons (Fsp3) is 0.417. The Balaban J connectivity index is 1.57. The molecule has 1 aliphatic rings. The molecule has 1 amide bonds. The molecule has 3 aromatic rings. The minimum atomic E-state index is -0.0813. The van der Waals surface area contributed by atoms with Gasteiger partial charge in [-0.3, -0.25) is 9.69 Å². The van der Waals surface area contributed by atoms with Crippen molar-refractivity contribution in [2.45, 2.75) is 52.6 Å². The zero-order valence-corrected chi connectivity index (χ0v) is 17.4. The molecule has 5 nitrogen and oxygen atoms in total. The number of likely N-dealkylation sites (tertiary alicyclic amines) is 1. The van der Waals surface area contributed by atoms with Gasteiger partial charge in [0.1, 0.15) is 5.82 Å². The Morgan fingerprint density at radius 3 is 2.55 bits per heavy atom. The molecule has 0 spiro atoms. The summed E-state index contributed by atoms with van der Waals surface area (Å²) < 4.78 is 2.30. The van der Waals surface area contributed by atoms with Crippen LogP contribution in [0, 0.1) is 6.92 Å². The van der Waals surface area contributed by atoms with Crippen LogP contribution in [0.4, 0.5) is 5.69 Å². The van der Waals surface area contributed by atoms with Crippen molar-refractivity contribution in [3.05, 3.63) is 59.4 Å². The normalized spacial score (nSPS) is 15.4. The van der Waals surface area contributed by atoms with E-state index in [0.29, 0.717) is 5.56 Å². The van der Waals surface area contributed by atoms with Crippen LogP contribution >= 0.6 is 0 Å². The third-order valence-corrected chi connectivity index (χ3v) is 5.85. The Morgan fingerprint density at radius 2 is 1.83 bits per heavy atom. The number of aryl methyl sites for hydroxylation is 2. The maximum absolute atomic E-state index is 12.7. The first kappa shape index (κ1) is 19.6. The van der Waals surface area contributed by atoms with E-state index in [1.807, 2.05) is 43.3 Å². The van der Waals surface area contributed by atoms with Gasteiger partial charge in [0.25, 0.3) is 5.91 Å². The number of benzene rings is 2. The predicted octanol–water partition coefficient (Wildman–Crippen LogP) is 4.99. The van der Waals surface area contributed by atoms with E-state index >= 15 is 0 Å². The summed E-state index contributed by atoms with van der Waals surface area (Å²) >= 11 is 0. The van der Waals surface area contributed by atoms with Gasteiger partial charge in [-0.25, -0.2) is 4.98 Å². The molecule has 0 radical (unpaired) electrons. The summed E-state index contributed by atoms with van der Waals surface area (Å²) in [5.74, 6) is 1.04. The lowest BCUT2D eigenvalue weighted by Gasteiger charge is -2.19. The molecule has 1 fully saturated rings. The standard InChI is InChI=1S/C24H30N4O/c1-3-28-22-13-12-19(25-24(29)20-11-7-6-10-18(20)2)16-21(22)26-23(28)17-27-14-8-4-5-9-15-27/h6-7,10-13,16H,3-5,8-9,14-15,17H2,1-2H3,(H,25,29). The van der Waals surface area contributed by atoms with Gasteiger partial charge < -0.3 is 9.88 Å². The monoisotopic (exact) mass is 390 g/mol. The molecule has 2 aromatic carbocycles. The number of aromatic nitrogens is 2. The zero-order chi connectivity index (χ0) is 20.2. The summed E-state index contributed by atoms with van der Waals surface area (Å²) in [4.78, 5) is 20.1. The van der Waals surface area contributed by atoms with Gasteiger partial charge in [-0.1, -0.05) is 31.0 Å². The van der Waals surface area contributed by atoms with E-state index < -0.39 is 0 Å². The largest absolute Gasteiger partial charge is 0.327 e. The van der Waals surface area contributed by atoms with E-state index in [2.05, 4.69) is 27.8 Å². The highest BCUT2D eigenvalue weighted by Crippen LogP contribution is 2.23. The molecule has 4 rings (SSSR count). The number of anilines is 1. The van der Waals surface area contributed by atoms with Gasteiger partial charge in [-0.15, -0.1) is 0 Å². The van der Waals surface area contributed by atoms with Crippen molar-refractivity contribution in [1.82, 2.24) is 14.5 Å². The lowest BCUT2D eigenvalue weighted by atomic mass is 10.1. The van der Waals surface area contributed by atoms with Crippen LogP contribution in [-0.4, -0.2) is 33.4 Å². The molecule has 0 bridgehead atoms. The highest BCUT2D eigenvalue weighted by atomic mass is 16.1. The molecule has 2 heterocycles. The molecular weight excluding hydrogens is 360 g/mol. The van der Waals surface area contributed by atoms with Crippen molar-refractivity contribution in [3.8, 4) is 0 Å². The molecule has 5 heteroatoms. The molecule has 0 saturated carbocycles. The molecule has 0 atom stereocenters. The highest BCUT2D eigenvalue weighted by Gasteiger charge is 2.16. The Bertz CT molecular complexity index is 999. The van der Waals surface area contributed by atoms with E-state index in [-0.39, 0.29) is 5.91 Å². The number of nitrogens with zero attached hydrogens (tertiary/aromatic N) is 3. The molecule has 29 heavy (non-hydrogen) atoms. The topological polar surface area (TPSA) is 50.2 Å². The Hall–Kier alpha value is -2.66. The van der Waals surface area contributed by atoms with Crippen LogP contribution in [-0.2, 0) is 13.1 Å². The fourth-order valence-corrected chi connectivity index (χ4v) is 4.25. The second kappa shape index (κ2) is 8.78. The van der Waals surface area contributed by atoms with Crippen LogP contribution in [0.25, 0.3) is 11.0 Å². The van der Waals surface area contributed by atoms with Crippen molar-refractivity contribution in [3.63, 3.8) is 0 Å². The first-order valence-corrected chi connectivity index (χ1v) is 10.7. The van der Waals surface area contributed by atoms with Crippen LogP contribution in [0.2, 0.25) is 0 Å². The van der Waals surface area contributed by atoms with Crippen LogP contribution < -0.4 is 5.32 Å². The van der Waals surface area contributed by atoms with E-state index in [0.717, 1.165) is 54.3 Å². The van der Waals surface area contributed by atoms with Gasteiger partial charge >= 0.3 is 0 Å². The Kier molecular flexibility index (Phi) is 5.95. The minimum Gasteiger partial charge on any atom is -0.327 e. The number of nitrogens with one attached hydrogen (secondary N) is 1. The van der Waals surface area contributed by atoms with Crippen molar-refractivity contribution >= 4 is 22.6 Å². The molecule has 1 aliphatic heterocycles. The smallest absolute Gasteiger partial charge is 0.255 e. The van der Waals surface area contributed by atoms with Crippen molar-refractivity contribution < 1.29 is 4.79 Å². The van der Waals surface area contributed by atoms with Gasteiger partial charge in [-0.05, 0) is 69.6 Å². The van der Waals surface area contributed by atoms with Crippen molar-refractivity contribution in [2.75, 3.05) is 18.4 Å². The van der Waals surface area contributed by atoms with Crippen molar-refractivity contribution in [2.24, 2.45) is 0 Å². The SMILES string of the molecule is CCn1c(CN2CCCCCC2)nc2cc(NC(=O)c3ccccc3C)ccc21. The summed E-state index contributed by atoms with van der Waals surface area (Å²) in [6.07, 6.45) is 5.23. The molecular formula is C24H30N4O. The van der Waals surface area contributed by atoms with E-state index in [1.165, 1.54) is 25.7 Å². The zero-order valence-electron chi connectivity index (χ0n) is 17.4. The lowest BCUT2D eigenvalue weighted by molar-refractivity contribution is 0.102. The number of imidazole rings is 1. The maximum atomic E-state index is 12.7. The summed E-state index contributed by atoms with van der Waals surface area (Å²) in [7, 11) is 0. The summed E-state index contributed by atoms with van der Waals surface area (Å²) in [5, 5.41) is 3.03. The quantitative estimate of drug-likeness (QED) is 0.667. The summed E-state index contributed by atoms with van der Waals surface area (Å²) in [6, 6.07) is 13.7. The van der Waals surface area contributed by atoms with Gasteiger partial charge in [0, 0.05) is 17.8 Å². The number of fused-ring (bicyclic) bond motifs is 1. The first-order valence-electron chi connectivity index (χ1n) is 10.7. The van der Waals surface area contributed by atoms with Crippen LogP contribution in [0.1, 0.15) is 54.4 Å². The van der Waals surface area contributed by atoms with Crippen LogP contribution in [0.3, 0.4) is 0 Å². The fourth-order valence-electron chi connectivity index (χ4n) is 4.25. The van der Waals surface area contributed by atoms with Gasteiger partial charge in [0.15, 0.2) is 0 Å². The van der Waals surface area contributed by atoms with Crippen LogP contribution in [0.15, 0.2) is 42.5 Å². The number of carbonyl (C=O) groups is 1. The average Bonchev–Trinajstić information content (AvgIpc) is 2.86. The number of amides is 1. The van der Waals surface area contributed by atoms with Crippen molar-refractivity contribution in [1.29, 1.82) is 0 Å². The van der Waals surface area contributed by atoms with Gasteiger partial charge in [-0.2, -0.15) is 0 Å². The predicted molar refractivity (Wildman–Crippen MR) is 118 cm³/mol. The molecule has 1 aromatic heterocycles. The third-order valence-electron chi connectivity index (χ3n) is 5.85. The minimum absolute atomic E-state index is 0.0813. The second-order valence-corrected chi connectivity index (χ2v) is 7.94. The molecule has 0 unspecified atom stereocenters. The number of carbonyl (C=O) groups excluding carboxylic acids is 1. The molecule has 0 aliphatic carbocycles. The van der Waals surface area contributed by atoms with E-state index in [4.69, 9.17) is 4.98 Å². The van der Waals surface area contributed by atoms with E-state index in [9.17, 15) is 4.79 Å². The highest BCUT2D eigenvalue weighted by molar-refractivity contribution is 6.05. The molecule has 152 valence electrons. The Labute approximate surface area is 172 Å². The lowest BCUT2D eigenvalue weighted by Crippen LogP contribution is -2.25. The third kappa shape index (κ3) is 4.35.